The van der Waals surface area contributed by atoms with Crippen molar-refractivity contribution >= 4 is 39.6 Å². The molecule has 0 N–H and O–H groups in total. The third-order valence-corrected chi connectivity index (χ3v) is 9.07. The summed E-state index contributed by atoms with van der Waals surface area (Å²) in [5.41, 5.74) is 6.14. The molecule has 46 heavy (non-hydrogen) atoms. The highest BCUT2D eigenvalue weighted by atomic mass is 16.5. The number of amides is 2. The van der Waals surface area contributed by atoms with Crippen molar-refractivity contribution in [2.45, 2.75) is 39.5 Å². The monoisotopic (exact) mass is 612 g/mol. The second-order valence-corrected chi connectivity index (χ2v) is 11.8. The number of nitrogens with zero attached hydrogens (tertiary/aromatic N) is 2. The van der Waals surface area contributed by atoms with Crippen molar-refractivity contribution in [2.24, 2.45) is 5.92 Å². The van der Waals surface area contributed by atoms with Gasteiger partial charge in [0, 0.05) is 40.1 Å². The Balaban J connectivity index is 1.36. The van der Waals surface area contributed by atoms with Crippen molar-refractivity contribution in [2.75, 3.05) is 25.7 Å². The number of hydrogen-bond donors (Lipinski definition) is 0. The van der Waals surface area contributed by atoms with Gasteiger partial charge in [-0.05, 0) is 102 Å². The van der Waals surface area contributed by atoms with Crippen LogP contribution in [0.3, 0.4) is 0 Å². The van der Waals surface area contributed by atoms with E-state index in [0.717, 1.165) is 76.1 Å². The second-order valence-electron chi connectivity index (χ2n) is 11.8. The summed E-state index contributed by atoms with van der Waals surface area (Å²) >= 11 is 0. The van der Waals surface area contributed by atoms with Crippen molar-refractivity contribution in [3.05, 3.63) is 114 Å². The summed E-state index contributed by atoms with van der Waals surface area (Å²) in [6.45, 7) is 4.77. The molecule has 1 aliphatic heterocycles. The predicted octanol–water partition coefficient (Wildman–Crippen LogP) is 9.81. The van der Waals surface area contributed by atoms with Gasteiger partial charge in [-0.2, -0.15) is 0 Å². The van der Waals surface area contributed by atoms with Gasteiger partial charge in [0.2, 0.25) is 0 Å². The Kier molecular flexibility index (Phi) is 9.06. The van der Waals surface area contributed by atoms with Crippen LogP contribution < -0.4 is 14.4 Å². The fourth-order valence-electron chi connectivity index (χ4n) is 6.44. The quantitative estimate of drug-likeness (QED) is 0.131. The van der Waals surface area contributed by atoms with E-state index in [9.17, 15) is 9.59 Å². The Labute approximate surface area is 271 Å². The summed E-state index contributed by atoms with van der Waals surface area (Å²) < 4.78 is 10.8. The third kappa shape index (κ3) is 5.83. The van der Waals surface area contributed by atoms with E-state index in [1.165, 1.54) is 4.90 Å². The SMILES string of the molecule is CCCCC(CC)CN1C(=O)c2cccc3c(-c4ccc(N(c5ccc(OC)cc5)c5ccc(OC)cc5)cc4)ccc(c23)C1=O. The molecule has 234 valence electrons. The average molecular weight is 613 g/mol. The van der Waals surface area contributed by atoms with Crippen LogP contribution in [-0.2, 0) is 0 Å². The Morgan fingerprint density at radius 3 is 1.70 bits per heavy atom. The highest BCUT2D eigenvalue weighted by Gasteiger charge is 2.34. The molecule has 0 aromatic heterocycles. The maximum atomic E-state index is 13.7. The molecule has 1 heterocycles. The zero-order valence-corrected chi connectivity index (χ0v) is 27.0. The average Bonchev–Trinajstić information content (AvgIpc) is 3.11. The number of methoxy groups -OCH3 is 2. The van der Waals surface area contributed by atoms with Gasteiger partial charge in [-0.3, -0.25) is 14.5 Å². The van der Waals surface area contributed by atoms with Gasteiger partial charge >= 0.3 is 0 Å². The first-order valence-corrected chi connectivity index (χ1v) is 16.1. The maximum absolute atomic E-state index is 13.7. The van der Waals surface area contributed by atoms with E-state index in [1.807, 2.05) is 78.9 Å². The molecule has 6 heteroatoms. The van der Waals surface area contributed by atoms with Crippen LogP contribution in [0.2, 0.25) is 0 Å². The molecule has 0 spiro atoms. The van der Waals surface area contributed by atoms with Crippen LogP contribution in [0, 0.1) is 5.92 Å². The zero-order valence-electron chi connectivity index (χ0n) is 27.0. The Hall–Kier alpha value is -5.10. The number of rotatable bonds is 12. The maximum Gasteiger partial charge on any atom is 0.261 e. The van der Waals surface area contributed by atoms with Crippen LogP contribution in [0.5, 0.6) is 11.5 Å². The number of imide groups is 1. The number of carbonyl (C=O) groups excluding carboxylic acids is 2. The van der Waals surface area contributed by atoms with Crippen molar-refractivity contribution in [3.63, 3.8) is 0 Å². The Bertz CT molecular complexity index is 1780. The molecule has 0 fully saturated rings. The number of unbranched alkanes of at least 4 members (excludes halogenated alkanes) is 1. The first kappa shape index (κ1) is 30.9. The fraction of sp³-hybridized carbons (Fsp3) is 0.250. The molecule has 5 aromatic carbocycles. The number of ether oxygens (including phenoxy) is 2. The van der Waals surface area contributed by atoms with Crippen molar-refractivity contribution in [3.8, 4) is 22.6 Å². The van der Waals surface area contributed by atoms with E-state index in [4.69, 9.17) is 9.47 Å². The van der Waals surface area contributed by atoms with Crippen molar-refractivity contribution < 1.29 is 19.1 Å². The molecule has 1 unspecified atom stereocenters. The Morgan fingerprint density at radius 2 is 1.17 bits per heavy atom. The summed E-state index contributed by atoms with van der Waals surface area (Å²) in [5, 5.41) is 1.65. The topological polar surface area (TPSA) is 59.1 Å². The molecule has 0 bridgehead atoms. The number of benzene rings is 5. The van der Waals surface area contributed by atoms with Gasteiger partial charge in [0.25, 0.3) is 11.8 Å². The number of carbonyl (C=O) groups is 2. The zero-order chi connectivity index (χ0) is 32.2. The van der Waals surface area contributed by atoms with E-state index < -0.39 is 0 Å². The van der Waals surface area contributed by atoms with E-state index in [1.54, 1.807) is 14.2 Å². The molecule has 1 aliphatic rings. The van der Waals surface area contributed by atoms with Gasteiger partial charge in [0.15, 0.2) is 0 Å². The lowest BCUT2D eigenvalue weighted by Crippen LogP contribution is -2.43. The molecule has 0 saturated carbocycles. The lowest BCUT2D eigenvalue weighted by molar-refractivity contribution is 0.0580. The summed E-state index contributed by atoms with van der Waals surface area (Å²) in [6, 6.07) is 34.0. The molecule has 0 saturated heterocycles. The van der Waals surface area contributed by atoms with Crippen LogP contribution >= 0.6 is 0 Å². The minimum absolute atomic E-state index is 0.194. The molecule has 0 radical (unpaired) electrons. The van der Waals surface area contributed by atoms with Crippen LogP contribution in [-0.4, -0.2) is 37.5 Å². The van der Waals surface area contributed by atoms with Gasteiger partial charge in [-0.1, -0.05) is 63.4 Å². The Morgan fingerprint density at radius 1 is 0.652 bits per heavy atom. The number of anilines is 3. The van der Waals surface area contributed by atoms with Gasteiger partial charge in [-0.15, -0.1) is 0 Å². The van der Waals surface area contributed by atoms with Crippen LogP contribution in [0.1, 0.15) is 60.2 Å². The van der Waals surface area contributed by atoms with Gasteiger partial charge < -0.3 is 14.4 Å². The van der Waals surface area contributed by atoms with Crippen LogP contribution in [0.15, 0.2) is 103 Å². The lowest BCUT2D eigenvalue weighted by Gasteiger charge is -2.30. The largest absolute Gasteiger partial charge is 0.497 e. The summed E-state index contributed by atoms with van der Waals surface area (Å²) in [4.78, 5) is 31.1. The van der Waals surface area contributed by atoms with E-state index in [2.05, 4.69) is 43.0 Å². The third-order valence-electron chi connectivity index (χ3n) is 9.07. The first-order chi connectivity index (χ1) is 22.5. The van der Waals surface area contributed by atoms with Gasteiger partial charge in [0.05, 0.1) is 14.2 Å². The van der Waals surface area contributed by atoms with Crippen molar-refractivity contribution in [1.29, 1.82) is 0 Å². The second kappa shape index (κ2) is 13.5. The molecule has 5 aromatic rings. The summed E-state index contributed by atoms with van der Waals surface area (Å²) in [6.07, 6.45) is 4.16. The van der Waals surface area contributed by atoms with Gasteiger partial charge in [0.1, 0.15) is 11.5 Å². The minimum Gasteiger partial charge on any atom is -0.497 e. The molecule has 1 atom stereocenters. The predicted molar refractivity (Wildman–Crippen MR) is 186 cm³/mol. The fourth-order valence-corrected chi connectivity index (χ4v) is 6.44. The molecule has 6 nitrogen and oxygen atoms in total. The van der Waals surface area contributed by atoms with Crippen molar-refractivity contribution in [1.82, 2.24) is 4.90 Å². The highest BCUT2D eigenvalue weighted by molar-refractivity contribution is 6.27. The normalized spacial score (nSPS) is 13.2. The molecular formula is C40H40N2O4. The first-order valence-electron chi connectivity index (χ1n) is 16.1. The minimum atomic E-state index is -0.194. The summed E-state index contributed by atoms with van der Waals surface area (Å²) in [7, 11) is 3.32. The van der Waals surface area contributed by atoms with Gasteiger partial charge in [-0.25, -0.2) is 0 Å². The molecule has 0 aliphatic carbocycles. The molecule has 6 rings (SSSR count). The summed E-state index contributed by atoms with van der Waals surface area (Å²) in [5.74, 6) is 1.50. The lowest BCUT2D eigenvalue weighted by atomic mass is 9.88. The molecular weight excluding hydrogens is 572 g/mol. The highest BCUT2D eigenvalue weighted by Crippen LogP contribution is 2.40. The standard InChI is InChI=1S/C40H40N2O4/c1-5-7-9-27(6-2)26-41-39(43)36-11-8-10-35-34(24-25-37(38(35)36)40(41)44)28-12-14-29(15-13-28)42(30-16-20-32(45-3)21-17-30)31-18-22-33(46-4)23-19-31/h8,10-25,27H,5-7,9,26H2,1-4H3. The van der Waals surface area contributed by atoms with E-state index >= 15 is 0 Å². The van der Waals surface area contributed by atoms with E-state index in [-0.39, 0.29) is 11.8 Å². The smallest absolute Gasteiger partial charge is 0.261 e. The van der Waals surface area contributed by atoms with Crippen LogP contribution in [0.4, 0.5) is 17.1 Å². The molecule has 2 amide bonds. The van der Waals surface area contributed by atoms with Crippen LogP contribution in [0.25, 0.3) is 21.9 Å². The number of hydrogen-bond acceptors (Lipinski definition) is 5. The van der Waals surface area contributed by atoms with E-state index in [0.29, 0.717) is 23.6 Å².